The van der Waals surface area contributed by atoms with Crippen LogP contribution in [0.25, 0.3) is 0 Å². The third-order valence-corrected chi connectivity index (χ3v) is 2.49. The molecule has 2 rings (SSSR count). The Morgan fingerprint density at radius 2 is 2.27 bits per heavy atom. The molecule has 1 nitrogen and oxygen atoms in total. The fourth-order valence-electron chi connectivity index (χ4n) is 1.67. The number of benzene rings is 1. The number of halogens is 1. The van der Waals surface area contributed by atoms with Gasteiger partial charge in [-0.1, -0.05) is 23.7 Å². The van der Waals surface area contributed by atoms with Gasteiger partial charge in [0, 0.05) is 17.0 Å². The number of aliphatic hydroxyl groups is 1. The van der Waals surface area contributed by atoms with Gasteiger partial charge in [-0.05, 0) is 18.6 Å². The van der Waals surface area contributed by atoms with Crippen LogP contribution >= 0.6 is 11.6 Å². The van der Waals surface area contributed by atoms with E-state index in [-0.39, 0.29) is 0 Å². The molecule has 1 aliphatic carbocycles. The largest absolute Gasteiger partial charge is 0.385 e. The van der Waals surface area contributed by atoms with E-state index in [2.05, 4.69) is 0 Å². The SMILES string of the molecule is C[C@@]1(O)Cc2cccc(Cl)c21. The minimum Gasteiger partial charge on any atom is -0.385 e. The molecular formula is C9H9ClO. The minimum absolute atomic E-state index is 0.679. The van der Waals surface area contributed by atoms with Gasteiger partial charge in [0.1, 0.15) is 0 Å². The number of rotatable bonds is 0. The van der Waals surface area contributed by atoms with Gasteiger partial charge >= 0.3 is 0 Å². The molecule has 1 aromatic carbocycles. The highest BCUT2D eigenvalue weighted by Gasteiger charge is 2.37. The van der Waals surface area contributed by atoms with Crippen molar-refractivity contribution in [1.29, 1.82) is 0 Å². The van der Waals surface area contributed by atoms with Crippen molar-refractivity contribution in [2.24, 2.45) is 0 Å². The van der Waals surface area contributed by atoms with Gasteiger partial charge in [-0.3, -0.25) is 0 Å². The van der Waals surface area contributed by atoms with Crippen LogP contribution in [0.2, 0.25) is 5.02 Å². The van der Waals surface area contributed by atoms with Crippen LogP contribution in [0.15, 0.2) is 18.2 Å². The van der Waals surface area contributed by atoms with Crippen LogP contribution in [0.5, 0.6) is 0 Å². The molecule has 0 radical (unpaired) electrons. The van der Waals surface area contributed by atoms with Gasteiger partial charge < -0.3 is 5.11 Å². The molecule has 0 aliphatic heterocycles. The molecule has 0 unspecified atom stereocenters. The summed E-state index contributed by atoms with van der Waals surface area (Å²) in [6.07, 6.45) is 0.725. The fraction of sp³-hybridized carbons (Fsp3) is 0.333. The first-order chi connectivity index (χ1) is 5.11. The molecule has 0 spiro atoms. The molecule has 1 aromatic rings. The van der Waals surface area contributed by atoms with Gasteiger partial charge in [-0.15, -0.1) is 0 Å². The number of hydrogen-bond acceptors (Lipinski definition) is 1. The summed E-state index contributed by atoms with van der Waals surface area (Å²) < 4.78 is 0. The zero-order valence-corrected chi connectivity index (χ0v) is 7.02. The van der Waals surface area contributed by atoms with Crippen LogP contribution in [-0.4, -0.2) is 5.11 Å². The lowest BCUT2D eigenvalue weighted by Crippen LogP contribution is -2.35. The van der Waals surface area contributed by atoms with Crippen molar-refractivity contribution in [3.8, 4) is 0 Å². The third-order valence-electron chi connectivity index (χ3n) is 2.17. The maximum absolute atomic E-state index is 9.66. The molecule has 11 heavy (non-hydrogen) atoms. The molecule has 0 fully saturated rings. The Morgan fingerprint density at radius 1 is 1.55 bits per heavy atom. The normalized spacial score (nSPS) is 27.5. The summed E-state index contributed by atoms with van der Waals surface area (Å²) >= 11 is 5.89. The zero-order chi connectivity index (χ0) is 8.06. The Balaban J connectivity index is 2.60. The van der Waals surface area contributed by atoms with Crippen molar-refractivity contribution in [3.05, 3.63) is 34.3 Å². The van der Waals surface area contributed by atoms with Crippen molar-refractivity contribution >= 4 is 11.6 Å². The van der Waals surface area contributed by atoms with Crippen molar-refractivity contribution < 1.29 is 5.11 Å². The molecule has 0 aromatic heterocycles. The predicted octanol–water partition coefficient (Wildman–Crippen LogP) is 2.10. The maximum atomic E-state index is 9.66. The molecule has 0 saturated heterocycles. The minimum atomic E-state index is -0.687. The molecule has 0 bridgehead atoms. The second-order valence-electron chi connectivity index (χ2n) is 3.22. The molecule has 0 amide bonds. The lowest BCUT2D eigenvalue weighted by Gasteiger charge is -2.36. The molecule has 1 N–H and O–H groups in total. The summed E-state index contributed by atoms with van der Waals surface area (Å²) in [5.74, 6) is 0. The van der Waals surface area contributed by atoms with Gasteiger partial charge in [-0.25, -0.2) is 0 Å². The van der Waals surface area contributed by atoms with Crippen LogP contribution in [-0.2, 0) is 12.0 Å². The average Bonchev–Trinajstić information content (AvgIpc) is 1.84. The topological polar surface area (TPSA) is 20.2 Å². The molecule has 1 atom stereocenters. The van der Waals surface area contributed by atoms with Crippen molar-refractivity contribution in [3.63, 3.8) is 0 Å². The quantitative estimate of drug-likeness (QED) is 0.629. The first-order valence-electron chi connectivity index (χ1n) is 3.61. The fourth-order valence-corrected chi connectivity index (χ4v) is 2.07. The monoisotopic (exact) mass is 168 g/mol. The van der Waals surface area contributed by atoms with E-state index in [0.717, 1.165) is 12.0 Å². The van der Waals surface area contributed by atoms with Crippen LogP contribution in [0.1, 0.15) is 18.1 Å². The van der Waals surface area contributed by atoms with Crippen molar-refractivity contribution in [2.45, 2.75) is 18.9 Å². The second kappa shape index (κ2) is 1.99. The smallest absolute Gasteiger partial charge is 0.0925 e. The first kappa shape index (κ1) is 7.14. The first-order valence-corrected chi connectivity index (χ1v) is 3.99. The average molecular weight is 169 g/mol. The Hall–Kier alpha value is -0.530. The highest BCUT2D eigenvalue weighted by molar-refractivity contribution is 6.31. The van der Waals surface area contributed by atoms with Crippen LogP contribution < -0.4 is 0 Å². The summed E-state index contributed by atoms with van der Waals surface area (Å²) in [4.78, 5) is 0. The van der Waals surface area contributed by atoms with E-state index in [1.165, 1.54) is 5.56 Å². The Labute approximate surface area is 70.6 Å². The molecule has 1 aliphatic rings. The summed E-state index contributed by atoms with van der Waals surface area (Å²) in [6.45, 7) is 1.79. The molecular weight excluding hydrogens is 160 g/mol. The molecule has 58 valence electrons. The van der Waals surface area contributed by atoms with E-state index in [1.807, 2.05) is 18.2 Å². The summed E-state index contributed by atoms with van der Waals surface area (Å²) in [5.41, 5.74) is 1.39. The van der Waals surface area contributed by atoms with Gasteiger partial charge in [0.05, 0.1) is 5.60 Å². The van der Waals surface area contributed by atoms with Gasteiger partial charge in [0.15, 0.2) is 0 Å². The Bertz CT molecular complexity index is 290. The van der Waals surface area contributed by atoms with Crippen LogP contribution in [0, 0.1) is 0 Å². The van der Waals surface area contributed by atoms with Crippen LogP contribution in [0.3, 0.4) is 0 Å². The standard InChI is InChI=1S/C9H9ClO/c1-9(11)5-6-3-2-4-7(10)8(6)9/h2-4,11H,5H2,1H3/t9-/m1/s1. The van der Waals surface area contributed by atoms with Gasteiger partial charge in [0.25, 0.3) is 0 Å². The Kier molecular flexibility index (Phi) is 1.29. The van der Waals surface area contributed by atoms with E-state index >= 15 is 0 Å². The number of fused-ring (bicyclic) bond motifs is 1. The summed E-state index contributed by atoms with van der Waals surface area (Å²) in [6, 6.07) is 5.73. The highest BCUT2D eigenvalue weighted by atomic mass is 35.5. The lowest BCUT2D eigenvalue weighted by molar-refractivity contribution is 0.0330. The Morgan fingerprint density at radius 3 is 2.73 bits per heavy atom. The summed E-state index contributed by atoms with van der Waals surface area (Å²) in [5, 5.41) is 10.3. The molecule has 0 saturated carbocycles. The zero-order valence-electron chi connectivity index (χ0n) is 6.26. The second-order valence-corrected chi connectivity index (χ2v) is 3.63. The van der Waals surface area contributed by atoms with E-state index in [0.29, 0.717) is 5.02 Å². The predicted molar refractivity (Wildman–Crippen MR) is 44.7 cm³/mol. The van der Waals surface area contributed by atoms with E-state index in [4.69, 9.17) is 11.6 Å². The van der Waals surface area contributed by atoms with Gasteiger partial charge in [-0.2, -0.15) is 0 Å². The highest BCUT2D eigenvalue weighted by Crippen LogP contribution is 2.42. The summed E-state index contributed by atoms with van der Waals surface area (Å²) in [7, 11) is 0. The van der Waals surface area contributed by atoms with Gasteiger partial charge in [0.2, 0.25) is 0 Å². The van der Waals surface area contributed by atoms with E-state index < -0.39 is 5.60 Å². The van der Waals surface area contributed by atoms with Crippen LogP contribution in [0.4, 0.5) is 0 Å². The maximum Gasteiger partial charge on any atom is 0.0925 e. The number of hydrogen-bond donors (Lipinski definition) is 1. The lowest BCUT2D eigenvalue weighted by atomic mass is 9.75. The molecule has 0 heterocycles. The van der Waals surface area contributed by atoms with Crippen molar-refractivity contribution in [1.82, 2.24) is 0 Å². The third kappa shape index (κ3) is 0.883. The van der Waals surface area contributed by atoms with E-state index in [1.54, 1.807) is 6.92 Å². The molecule has 2 heteroatoms. The van der Waals surface area contributed by atoms with Crippen molar-refractivity contribution in [2.75, 3.05) is 0 Å². The van der Waals surface area contributed by atoms with E-state index in [9.17, 15) is 5.11 Å².